The second-order valence-corrected chi connectivity index (χ2v) is 8.15. The zero-order valence-electron chi connectivity index (χ0n) is 16.8. The minimum absolute atomic E-state index is 0. The fraction of sp³-hybridized carbons (Fsp3) is 0.700. The Labute approximate surface area is 182 Å². The van der Waals surface area contributed by atoms with Crippen molar-refractivity contribution in [3.05, 3.63) is 29.3 Å². The Bertz CT molecular complexity index is 587. The molecule has 0 radical (unpaired) electrons. The van der Waals surface area contributed by atoms with Crippen LogP contribution in [0.1, 0.15) is 76.3 Å². The summed E-state index contributed by atoms with van der Waals surface area (Å²) in [5.74, 6) is 0.617. The molecule has 4 nitrogen and oxygen atoms in total. The van der Waals surface area contributed by atoms with Crippen molar-refractivity contribution < 1.29 is 47.3 Å². The van der Waals surface area contributed by atoms with E-state index in [0.717, 1.165) is 25.0 Å². The van der Waals surface area contributed by atoms with E-state index in [1.165, 1.54) is 43.2 Å². The SMILES string of the molecule is CCCCCc1cccc(OCCCCS(=O)(=O)[O-])c1CCCCC.[Na+]. The Kier molecular flexibility index (Phi) is 14.9. The largest absolute Gasteiger partial charge is 1.00 e. The Balaban J connectivity index is 0.00000625. The molecule has 1 aromatic carbocycles. The van der Waals surface area contributed by atoms with Gasteiger partial charge >= 0.3 is 29.6 Å². The van der Waals surface area contributed by atoms with Crippen LogP contribution in [0, 0.1) is 0 Å². The van der Waals surface area contributed by atoms with Crippen molar-refractivity contribution in [1.82, 2.24) is 0 Å². The number of hydrogen-bond acceptors (Lipinski definition) is 4. The molecule has 0 atom stereocenters. The summed E-state index contributed by atoms with van der Waals surface area (Å²) in [6.45, 7) is 4.87. The maximum absolute atomic E-state index is 10.6. The molecule has 0 heterocycles. The summed E-state index contributed by atoms with van der Waals surface area (Å²) in [5.41, 5.74) is 2.69. The average molecular weight is 393 g/mol. The maximum atomic E-state index is 10.6. The predicted octanol–water partition coefficient (Wildman–Crippen LogP) is 1.86. The Hall–Kier alpha value is -0.0700. The van der Waals surface area contributed by atoms with Gasteiger partial charge in [0.15, 0.2) is 0 Å². The monoisotopic (exact) mass is 392 g/mol. The minimum atomic E-state index is -4.12. The zero-order chi connectivity index (χ0) is 18.5. The predicted molar refractivity (Wildman–Crippen MR) is 102 cm³/mol. The number of ether oxygens (including phenoxy) is 1. The van der Waals surface area contributed by atoms with Crippen LogP contribution in [0.3, 0.4) is 0 Å². The zero-order valence-corrected chi connectivity index (χ0v) is 19.6. The third kappa shape index (κ3) is 11.6. The molecule has 0 aliphatic carbocycles. The minimum Gasteiger partial charge on any atom is -0.748 e. The van der Waals surface area contributed by atoms with E-state index in [1.54, 1.807) is 0 Å². The second kappa shape index (κ2) is 14.9. The summed E-state index contributed by atoms with van der Waals surface area (Å²) in [4.78, 5) is 0. The van der Waals surface area contributed by atoms with E-state index in [1.807, 2.05) is 12.1 Å². The van der Waals surface area contributed by atoms with Gasteiger partial charge in [-0.15, -0.1) is 0 Å². The van der Waals surface area contributed by atoms with E-state index in [9.17, 15) is 13.0 Å². The van der Waals surface area contributed by atoms with Crippen LogP contribution in [0.5, 0.6) is 5.75 Å². The van der Waals surface area contributed by atoms with Crippen LogP contribution >= 0.6 is 0 Å². The normalized spacial score (nSPS) is 11.2. The van der Waals surface area contributed by atoms with Gasteiger partial charge in [-0.25, -0.2) is 8.42 Å². The van der Waals surface area contributed by atoms with Gasteiger partial charge in [0.1, 0.15) is 5.75 Å². The molecule has 0 unspecified atom stereocenters. The Morgan fingerprint density at radius 1 is 0.923 bits per heavy atom. The van der Waals surface area contributed by atoms with Crippen molar-refractivity contribution in [3.8, 4) is 5.75 Å². The summed E-state index contributed by atoms with van der Waals surface area (Å²) in [5, 5.41) is 0. The number of rotatable bonds is 14. The van der Waals surface area contributed by atoms with Gasteiger partial charge in [-0.3, -0.25) is 0 Å². The summed E-state index contributed by atoms with van der Waals surface area (Å²) in [6.07, 6.45) is 10.3. The van der Waals surface area contributed by atoms with Crippen molar-refractivity contribution in [2.45, 2.75) is 78.1 Å². The quantitative estimate of drug-likeness (QED) is 0.275. The van der Waals surface area contributed by atoms with Gasteiger partial charge in [0.2, 0.25) is 0 Å². The van der Waals surface area contributed by atoms with Crippen molar-refractivity contribution in [2.75, 3.05) is 12.4 Å². The van der Waals surface area contributed by atoms with Crippen LogP contribution in [0.25, 0.3) is 0 Å². The van der Waals surface area contributed by atoms with Crippen molar-refractivity contribution >= 4 is 10.1 Å². The van der Waals surface area contributed by atoms with Gasteiger partial charge in [0.25, 0.3) is 0 Å². The van der Waals surface area contributed by atoms with Gasteiger partial charge in [0, 0.05) is 5.75 Å². The van der Waals surface area contributed by atoms with Crippen molar-refractivity contribution in [2.24, 2.45) is 0 Å². The molecule has 0 aliphatic heterocycles. The molecule has 0 fully saturated rings. The van der Waals surface area contributed by atoms with Gasteiger partial charge in [-0.1, -0.05) is 51.7 Å². The van der Waals surface area contributed by atoms with Crippen LogP contribution in [0.2, 0.25) is 0 Å². The Morgan fingerprint density at radius 2 is 1.58 bits per heavy atom. The van der Waals surface area contributed by atoms with E-state index in [-0.39, 0.29) is 35.3 Å². The van der Waals surface area contributed by atoms with E-state index < -0.39 is 10.1 Å². The fourth-order valence-corrected chi connectivity index (χ4v) is 3.50. The van der Waals surface area contributed by atoms with Crippen LogP contribution in [0.4, 0.5) is 0 Å². The topological polar surface area (TPSA) is 66.4 Å². The summed E-state index contributed by atoms with van der Waals surface area (Å²) in [6, 6.07) is 6.25. The summed E-state index contributed by atoms with van der Waals surface area (Å²) < 4.78 is 37.8. The standard InChI is InChI=1S/C20H34O4S.Na/c1-3-5-7-12-18-13-11-15-20(19(18)14-8-6-4-2)24-16-9-10-17-25(21,22)23;/h11,13,15H,3-10,12,14,16-17H2,1-2H3,(H,21,22,23);/q;+1/p-1. The second-order valence-electron chi connectivity index (χ2n) is 6.63. The molecule has 0 saturated carbocycles. The average Bonchev–Trinajstić information content (AvgIpc) is 2.55. The molecule has 0 spiro atoms. The van der Waals surface area contributed by atoms with Gasteiger partial charge in [0.05, 0.1) is 16.7 Å². The van der Waals surface area contributed by atoms with Crippen molar-refractivity contribution in [3.63, 3.8) is 0 Å². The molecule has 0 N–H and O–H groups in total. The molecule has 0 aromatic heterocycles. The van der Waals surface area contributed by atoms with Crippen LogP contribution in [-0.4, -0.2) is 25.3 Å². The smallest absolute Gasteiger partial charge is 0.748 e. The molecule has 6 heteroatoms. The molecule has 0 bridgehead atoms. The summed E-state index contributed by atoms with van der Waals surface area (Å²) >= 11 is 0. The van der Waals surface area contributed by atoms with E-state index in [2.05, 4.69) is 19.9 Å². The first-order chi connectivity index (χ1) is 12.0. The van der Waals surface area contributed by atoms with Crippen LogP contribution in [-0.2, 0) is 23.0 Å². The molecule has 26 heavy (non-hydrogen) atoms. The van der Waals surface area contributed by atoms with Crippen LogP contribution < -0.4 is 34.3 Å². The molecule has 1 rings (SSSR count). The van der Waals surface area contributed by atoms with Gasteiger partial charge in [-0.2, -0.15) is 0 Å². The van der Waals surface area contributed by atoms with Gasteiger partial charge < -0.3 is 9.29 Å². The summed E-state index contributed by atoms with van der Waals surface area (Å²) in [7, 11) is -4.12. The third-order valence-corrected chi connectivity index (χ3v) is 5.14. The fourth-order valence-electron chi connectivity index (χ4n) is 2.94. The first-order valence-corrected chi connectivity index (χ1v) is 11.2. The first-order valence-electron chi connectivity index (χ1n) is 9.65. The molecular formula is C20H33NaO4S. The molecule has 144 valence electrons. The maximum Gasteiger partial charge on any atom is 1.00 e. The van der Waals surface area contributed by atoms with E-state index in [0.29, 0.717) is 19.4 Å². The molecular weight excluding hydrogens is 359 g/mol. The molecule has 0 aliphatic rings. The van der Waals surface area contributed by atoms with E-state index >= 15 is 0 Å². The molecule has 0 saturated heterocycles. The third-order valence-electron chi connectivity index (χ3n) is 4.36. The number of aryl methyl sites for hydroxylation is 1. The molecule has 0 amide bonds. The Morgan fingerprint density at radius 3 is 2.19 bits per heavy atom. The number of benzene rings is 1. The van der Waals surface area contributed by atoms with E-state index in [4.69, 9.17) is 4.74 Å². The van der Waals surface area contributed by atoms with Gasteiger partial charge in [-0.05, 0) is 55.7 Å². The van der Waals surface area contributed by atoms with Crippen molar-refractivity contribution in [1.29, 1.82) is 0 Å². The number of hydrogen-bond donors (Lipinski definition) is 0. The van der Waals surface area contributed by atoms with Crippen LogP contribution in [0.15, 0.2) is 18.2 Å². The molecule has 1 aromatic rings. The number of unbranched alkanes of at least 4 members (excludes halogenated alkanes) is 5. The first kappa shape index (κ1) is 25.9.